The SMILES string of the molecule is CC(=O)[C@@]12OC(C)(C)O[C@@H]1CC1C3C[C@H](F)C4=CC(=O)C=CC4(C)[C@@]3(F)[C@@H](O)CC12C. The molecule has 1 aliphatic heterocycles. The van der Waals surface area contributed by atoms with E-state index in [1.54, 1.807) is 20.8 Å². The molecule has 0 aromatic carbocycles. The molecule has 0 amide bonds. The number of Topliss-reactive ketones (excluding diaryl/α,β-unsaturated/α-hetero) is 1. The van der Waals surface area contributed by atoms with Gasteiger partial charge < -0.3 is 14.6 Å². The molecule has 0 radical (unpaired) electrons. The quantitative estimate of drug-likeness (QED) is 0.682. The summed E-state index contributed by atoms with van der Waals surface area (Å²) in [6.45, 7) is 8.36. The minimum Gasteiger partial charge on any atom is -0.390 e. The summed E-state index contributed by atoms with van der Waals surface area (Å²) in [5.41, 5.74) is -5.75. The number of ether oxygens (including phenoxy) is 2. The zero-order chi connectivity index (χ0) is 22.8. The summed E-state index contributed by atoms with van der Waals surface area (Å²) in [5, 5.41) is 11.3. The molecular formula is C24H30F2O5. The Hall–Kier alpha value is -1.44. The van der Waals surface area contributed by atoms with Gasteiger partial charge in [-0.15, -0.1) is 0 Å². The molecule has 5 nitrogen and oxygen atoms in total. The average Bonchev–Trinajstić information content (AvgIpc) is 3.06. The number of aliphatic hydroxyl groups excluding tert-OH is 1. The molecule has 170 valence electrons. The lowest BCUT2D eigenvalue weighted by Crippen LogP contribution is -2.70. The molecule has 1 N–H and O–H groups in total. The third-order valence-electron chi connectivity index (χ3n) is 9.14. The molecule has 9 atom stereocenters. The van der Waals surface area contributed by atoms with E-state index in [0.29, 0.717) is 6.42 Å². The molecule has 7 heteroatoms. The molecule has 4 fully saturated rings. The van der Waals surface area contributed by atoms with Gasteiger partial charge in [0.15, 0.2) is 28.6 Å². The van der Waals surface area contributed by atoms with Crippen molar-refractivity contribution in [3.63, 3.8) is 0 Å². The van der Waals surface area contributed by atoms with E-state index in [1.807, 2.05) is 6.92 Å². The molecule has 0 bridgehead atoms. The van der Waals surface area contributed by atoms with E-state index in [0.717, 1.165) is 0 Å². The smallest absolute Gasteiger partial charge is 0.178 e. The Labute approximate surface area is 180 Å². The fourth-order valence-electron chi connectivity index (χ4n) is 7.95. The van der Waals surface area contributed by atoms with Crippen LogP contribution in [0.1, 0.15) is 53.9 Å². The molecule has 0 aromatic rings. The highest BCUT2D eigenvalue weighted by Crippen LogP contribution is 2.72. The molecule has 4 aliphatic carbocycles. The van der Waals surface area contributed by atoms with Gasteiger partial charge in [0.05, 0.1) is 12.2 Å². The first kappa shape index (κ1) is 21.4. The number of aliphatic hydroxyl groups is 1. The van der Waals surface area contributed by atoms with E-state index in [2.05, 4.69) is 0 Å². The fraction of sp³-hybridized carbons (Fsp3) is 0.750. The molecule has 1 heterocycles. The second-order valence-corrected chi connectivity index (χ2v) is 11.0. The van der Waals surface area contributed by atoms with Crippen molar-refractivity contribution in [1.29, 1.82) is 0 Å². The van der Waals surface area contributed by atoms with E-state index >= 15 is 8.78 Å². The van der Waals surface area contributed by atoms with Crippen LogP contribution in [-0.4, -0.2) is 52.1 Å². The molecule has 5 rings (SSSR count). The van der Waals surface area contributed by atoms with Gasteiger partial charge in [0.25, 0.3) is 0 Å². The number of alkyl halides is 2. The first-order chi connectivity index (χ1) is 14.2. The Bertz CT molecular complexity index is 942. The molecule has 31 heavy (non-hydrogen) atoms. The van der Waals surface area contributed by atoms with Gasteiger partial charge in [-0.25, -0.2) is 8.78 Å². The summed E-state index contributed by atoms with van der Waals surface area (Å²) in [6, 6.07) is 0. The van der Waals surface area contributed by atoms with Crippen molar-refractivity contribution in [2.75, 3.05) is 0 Å². The lowest BCUT2D eigenvalue weighted by Gasteiger charge is -2.63. The summed E-state index contributed by atoms with van der Waals surface area (Å²) < 4.78 is 44.9. The van der Waals surface area contributed by atoms with Crippen LogP contribution < -0.4 is 0 Å². The molecule has 4 unspecified atom stereocenters. The minimum atomic E-state index is -2.17. The Kier molecular flexibility index (Phi) is 4.08. The largest absolute Gasteiger partial charge is 0.390 e. The van der Waals surface area contributed by atoms with Crippen molar-refractivity contribution in [2.45, 2.75) is 89.3 Å². The Morgan fingerprint density at radius 2 is 1.87 bits per heavy atom. The van der Waals surface area contributed by atoms with E-state index in [4.69, 9.17) is 9.47 Å². The van der Waals surface area contributed by atoms with Crippen molar-refractivity contribution in [3.05, 3.63) is 23.8 Å². The maximum Gasteiger partial charge on any atom is 0.178 e. The number of ketones is 2. The van der Waals surface area contributed by atoms with Crippen LogP contribution in [0.25, 0.3) is 0 Å². The van der Waals surface area contributed by atoms with E-state index in [1.165, 1.54) is 25.2 Å². The van der Waals surface area contributed by atoms with Crippen LogP contribution in [0, 0.1) is 22.7 Å². The van der Waals surface area contributed by atoms with Gasteiger partial charge in [0, 0.05) is 16.7 Å². The maximum atomic E-state index is 17.1. The second kappa shape index (κ2) is 5.91. The topological polar surface area (TPSA) is 72.8 Å². The predicted octanol–water partition coefficient (Wildman–Crippen LogP) is 3.39. The first-order valence-electron chi connectivity index (χ1n) is 11.1. The molecule has 3 saturated carbocycles. The molecule has 5 aliphatic rings. The second-order valence-electron chi connectivity index (χ2n) is 11.0. The van der Waals surface area contributed by atoms with Crippen LogP contribution in [0.2, 0.25) is 0 Å². The molecular weight excluding hydrogens is 406 g/mol. The minimum absolute atomic E-state index is 0.0121. The summed E-state index contributed by atoms with van der Waals surface area (Å²) in [4.78, 5) is 24.9. The van der Waals surface area contributed by atoms with E-state index in [9.17, 15) is 14.7 Å². The highest BCUT2D eigenvalue weighted by atomic mass is 19.1. The highest BCUT2D eigenvalue weighted by molar-refractivity contribution is 6.01. The van der Waals surface area contributed by atoms with E-state index < -0.39 is 58.1 Å². The number of hydrogen-bond acceptors (Lipinski definition) is 5. The zero-order valence-corrected chi connectivity index (χ0v) is 18.6. The Morgan fingerprint density at radius 3 is 2.52 bits per heavy atom. The highest BCUT2D eigenvalue weighted by Gasteiger charge is 2.80. The van der Waals surface area contributed by atoms with Crippen LogP contribution in [0.5, 0.6) is 0 Å². The summed E-state index contributed by atoms with van der Waals surface area (Å²) >= 11 is 0. The standard InChI is InChI=1S/C24H30F2O5/c1-12(27)24-19(30-20(2,3)31-24)10-14-15-9-17(25)16-8-13(28)6-7-21(16,4)23(15,26)18(29)11-22(14,24)5/h6-8,14-15,17-19,29H,9-11H2,1-5H3/t14?,15?,17-,18-,19+,21?,22?,23-,24+/m0/s1. The van der Waals surface area contributed by atoms with E-state index in [-0.39, 0.29) is 30.0 Å². The lowest BCUT2D eigenvalue weighted by atomic mass is 9.44. The van der Waals surface area contributed by atoms with Crippen molar-refractivity contribution >= 4 is 11.6 Å². The van der Waals surface area contributed by atoms with Crippen LogP contribution >= 0.6 is 0 Å². The monoisotopic (exact) mass is 436 g/mol. The van der Waals surface area contributed by atoms with Crippen LogP contribution in [0.3, 0.4) is 0 Å². The van der Waals surface area contributed by atoms with Gasteiger partial charge >= 0.3 is 0 Å². The van der Waals surface area contributed by atoms with Gasteiger partial charge in [0.2, 0.25) is 0 Å². The predicted molar refractivity (Wildman–Crippen MR) is 107 cm³/mol. The Morgan fingerprint density at radius 1 is 1.19 bits per heavy atom. The van der Waals surface area contributed by atoms with Gasteiger partial charge in [0.1, 0.15) is 6.17 Å². The van der Waals surface area contributed by atoms with Crippen molar-refractivity contribution in [3.8, 4) is 0 Å². The zero-order valence-electron chi connectivity index (χ0n) is 18.6. The lowest BCUT2D eigenvalue weighted by molar-refractivity contribution is -0.247. The number of halogens is 2. The van der Waals surface area contributed by atoms with Crippen LogP contribution in [0.15, 0.2) is 23.8 Å². The number of allylic oxidation sites excluding steroid dienone is 4. The normalized spacial score (nSPS) is 54.5. The van der Waals surface area contributed by atoms with Gasteiger partial charge in [-0.3, -0.25) is 9.59 Å². The average molecular weight is 436 g/mol. The van der Waals surface area contributed by atoms with Crippen molar-refractivity contribution in [1.82, 2.24) is 0 Å². The number of carbonyl (C=O) groups excluding carboxylic acids is 2. The molecule has 1 saturated heterocycles. The number of rotatable bonds is 1. The first-order valence-corrected chi connectivity index (χ1v) is 11.1. The maximum absolute atomic E-state index is 17.1. The summed E-state index contributed by atoms with van der Waals surface area (Å²) in [7, 11) is 0. The third kappa shape index (κ3) is 2.25. The molecule has 0 aromatic heterocycles. The van der Waals surface area contributed by atoms with Gasteiger partial charge in [-0.1, -0.05) is 13.0 Å². The third-order valence-corrected chi connectivity index (χ3v) is 9.14. The number of fused-ring (bicyclic) bond motifs is 7. The number of carbonyl (C=O) groups is 2. The van der Waals surface area contributed by atoms with Gasteiger partial charge in [-0.05, 0) is 70.6 Å². The van der Waals surface area contributed by atoms with Gasteiger partial charge in [-0.2, -0.15) is 0 Å². The summed E-state index contributed by atoms with van der Waals surface area (Å²) in [5.74, 6) is -2.85. The van der Waals surface area contributed by atoms with Crippen molar-refractivity contribution in [2.24, 2.45) is 22.7 Å². The molecule has 0 spiro atoms. The van der Waals surface area contributed by atoms with Crippen molar-refractivity contribution < 1.29 is 33.0 Å². The fourth-order valence-corrected chi connectivity index (χ4v) is 7.95. The number of hydrogen-bond donors (Lipinski definition) is 1. The van der Waals surface area contributed by atoms with Crippen LogP contribution in [-0.2, 0) is 19.1 Å². The Balaban J connectivity index is 1.66. The summed E-state index contributed by atoms with van der Waals surface area (Å²) in [6.07, 6.45) is 0.495. The van der Waals surface area contributed by atoms with Crippen LogP contribution in [0.4, 0.5) is 8.78 Å².